The average molecular weight is 530 g/mol. The summed E-state index contributed by atoms with van der Waals surface area (Å²) < 4.78 is 44.0. The molecule has 2 aromatic heterocycles. The number of hydrogen-bond donors (Lipinski definition) is 3. The minimum absolute atomic E-state index is 0.00445. The number of para-hydroxylation sites is 1. The molecule has 0 spiro atoms. The first-order valence-corrected chi connectivity index (χ1v) is 11.7. The third kappa shape index (κ3) is 7.17. The van der Waals surface area contributed by atoms with Crippen LogP contribution in [0.5, 0.6) is 5.75 Å². The number of benzene rings is 1. The number of nitrogens with one attached hydrogen (secondary N) is 2. The van der Waals surface area contributed by atoms with E-state index < -0.39 is 29.5 Å². The van der Waals surface area contributed by atoms with Crippen LogP contribution in [0.3, 0.4) is 0 Å². The molecule has 1 saturated heterocycles. The molecule has 0 aliphatic carbocycles. The Hall–Kier alpha value is -4.23. The molecule has 1 aromatic carbocycles. The van der Waals surface area contributed by atoms with Crippen molar-refractivity contribution in [3.63, 3.8) is 0 Å². The van der Waals surface area contributed by atoms with Crippen molar-refractivity contribution in [1.29, 1.82) is 0 Å². The molecule has 1 aliphatic heterocycles. The van der Waals surface area contributed by atoms with Crippen molar-refractivity contribution in [2.24, 2.45) is 0 Å². The lowest BCUT2D eigenvalue weighted by molar-refractivity contribution is -0.274. The minimum atomic E-state index is -5.10. The molecule has 200 valence electrons. The molecule has 4 N–H and O–H groups in total. The number of hydrogen-bond acceptors (Lipinski definition) is 8. The Balaban J connectivity index is 1.50. The summed E-state index contributed by atoms with van der Waals surface area (Å²) in [7, 11) is 1.97. The van der Waals surface area contributed by atoms with E-state index in [1.807, 2.05) is 11.9 Å². The van der Waals surface area contributed by atoms with Gasteiger partial charge in [-0.2, -0.15) is 0 Å². The van der Waals surface area contributed by atoms with Gasteiger partial charge in [0.05, 0.1) is 17.8 Å². The highest BCUT2D eigenvalue weighted by Crippen LogP contribution is 2.34. The Bertz CT molecular complexity index is 1280. The molecule has 0 bridgehead atoms. The summed E-state index contributed by atoms with van der Waals surface area (Å²) in [6, 6.07) is 10.3. The maximum absolute atomic E-state index is 13.3. The van der Waals surface area contributed by atoms with E-state index in [2.05, 4.69) is 30.2 Å². The first-order valence-electron chi connectivity index (χ1n) is 11.7. The van der Waals surface area contributed by atoms with Crippen LogP contribution >= 0.6 is 0 Å². The number of nitrogens with two attached hydrogens (primary N) is 1. The number of halogens is 3. The highest BCUT2D eigenvalue weighted by Gasteiger charge is 2.35. The zero-order valence-electron chi connectivity index (χ0n) is 20.5. The topological polar surface area (TPSA) is 126 Å². The lowest BCUT2D eigenvalue weighted by Crippen LogP contribution is -2.47. The van der Waals surface area contributed by atoms with E-state index in [1.165, 1.54) is 30.5 Å². The van der Waals surface area contributed by atoms with Gasteiger partial charge < -0.3 is 26.0 Å². The molecule has 1 aliphatic rings. The summed E-state index contributed by atoms with van der Waals surface area (Å²) in [6.07, 6.45) is -2.06. The van der Waals surface area contributed by atoms with E-state index >= 15 is 0 Å². The highest BCUT2D eigenvalue weighted by atomic mass is 19.4. The quantitative estimate of drug-likeness (QED) is 0.427. The van der Waals surface area contributed by atoms with E-state index in [4.69, 9.17) is 5.73 Å². The molecule has 38 heavy (non-hydrogen) atoms. The molecule has 0 atom stereocenters. The van der Waals surface area contributed by atoms with Crippen LogP contribution in [0.1, 0.15) is 10.4 Å². The van der Waals surface area contributed by atoms with Crippen LogP contribution in [0.4, 0.5) is 30.5 Å². The molecule has 0 radical (unpaired) electrons. The molecular weight excluding hydrogens is 503 g/mol. The Morgan fingerprint density at radius 1 is 0.974 bits per heavy atom. The van der Waals surface area contributed by atoms with Crippen molar-refractivity contribution in [2.45, 2.75) is 6.36 Å². The molecule has 13 heteroatoms. The number of pyridine rings is 2. The lowest BCUT2D eigenvalue weighted by Gasteiger charge is -2.31. The van der Waals surface area contributed by atoms with E-state index in [1.54, 1.807) is 24.4 Å². The van der Waals surface area contributed by atoms with Crippen LogP contribution in [0.15, 0.2) is 54.9 Å². The maximum Gasteiger partial charge on any atom is 0.573 e. The SMILES string of the molecule is CN1CCN(CC(=O)Nc2cccc(C(=O)Nc3ccc(-c4ccc(N)nc4)cn3)c2OC(F)(F)F)CC1. The fraction of sp³-hybridized carbons (Fsp3) is 0.280. The zero-order chi connectivity index (χ0) is 27.3. The van der Waals surface area contributed by atoms with Gasteiger partial charge in [0.15, 0.2) is 5.75 Å². The molecular formula is C25H26F3N7O3. The van der Waals surface area contributed by atoms with Gasteiger partial charge in [-0.25, -0.2) is 9.97 Å². The van der Waals surface area contributed by atoms with Crippen LogP contribution in [0.25, 0.3) is 11.1 Å². The average Bonchev–Trinajstić information content (AvgIpc) is 2.86. The largest absolute Gasteiger partial charge is 0.573 e. The van der Waals surface area contributed by atoms with Crippen LogP contribution in [-0.4, -0.2) is 77.7 Å². The molecule has 0 unspecified atom stereocenters. The molecule has 3 heterocycles. The first-order chi connectivity index (χ1) is 18.1. The molecule has 4 rings (SSSR count). The van der Waals surface area contributed by atoms with Crippen molar-refractivity contribution < 1.29 is 27.5 Å². The first kappa shape index (κ1) is 26.8. The second-order valence-corrected chi connectivity index (χ2v) is 8.72. The smallest absolute Gasteiger partial charge is 0.403 e. The van der Waals surface area contributed by atoms with Gasteiger partial charge in [-0.3, -0.25) is 14.5 Å². The van der Waals surface area contributed by atoms with Crippen molar-refractivity contribution in [1.82, 2.24) is 19.8 Å². The third-order valence-corrected chi connectivity index (χ3v) is 5.84. The number of aromatic nitrogens is 2. The van der Waals surface area contributed by atoms with Crippen LogP contribution < -0.4 is 21.1 Å². The molecule has 0 saturated carbocycles. The minimum Gasteiger partial charge on any atom is -0.403 e. The number of alkyl halides is 3. The number of likely N-dealkylation sites (N-methyl/N-ethyl adjacent to an activating group) is 1. The van der Waals surface area contributed by atoms with E-state index in [9.17, 15) is 22.8 Å². The van der Waals surface area contributed by atoms with Crippen molar-refractivity contribution in [2.75, 3.05) is 56.1 Å². The highest BCUT2D eigenvalue weighted by molar-refractivity contribution is 6.08. The molecule has 1 fully saturated rings. The lowest BCUT2D eigenvalue weighted by atomic mass is 10.1. The second kappa shape index (κ2) is 11.4. The summed E-state index contributed by atoms with van der Waals surface area (Å²) in [6.45, 7) is 2.85. The predicted molar refractivity (Wildman–Crippen MR) is 136 cm³/mol. The summed E-state index contributed by atoms with van der Waals surface area (Å²) >= 11 is 0. The number of amides is 2. The van der Waals surface area contributed by atoms with Gasteiger partial charge in [-0.15, -0.1) is 13.2 Å². The van der Waals surface area contributed by atoms with E-state index in [0.717, 1.165) is 18.7 Å². The van der Waals surface area contributed by atoms with Crippen LogP contribution in [0, 0.1) is 0 Å². The van der Waals surface area contributed by atoms with Gasteiger partial charge in [0.2, 0.25) is 5.91 Å². The van der Waals surface area contributed by atoms with Crippen molar-refractivity contribution >= 4 is 29.1 Å². The molecule has 3 aromatic rings. The van der Waals surface area contributed by atoms with Crippen molar-refractivity contribution in [3.8, 4) is 16.9 Å². The number of carbonyl (C=O) groups is 2. The number of piperazine rings is 1. The summed E-state index contributed by atoms with van der Waals surface area (Å²) in [5, 5.41) is 4.91. The Morgan fingerprint density at radius 3 is 2.26 bits per heavy atom. The maximum atomic E-state index is 13.3. The fourth-order valence-electron chi connectivity index (χ4n) is 3.84. The van der Waals surface area contributed by atoms with Crippen LogP contribution in [-0.2, 0) is 4.79 Å². The summed E-state index contributed by atoms with van der Waals surface area (Å²) in [4.78, 5) is 37.7. The Kier molecular flexibility index (Phi) is 8.08. The van der Waals surface area contributed by atoms with Crippen LogP contribution in [0.2, 0.25) is 0 Å². The monoisotopic (exact) mass is 529 g/mol. The number of nitrogen functional groups attached to an aromatic ring is 1. The van der Waals surface area contributed by atoms with Gasteiger partial charge in [0.1, 0.15) is 11.6 Å². The molecule has 10 nitrogen and oxygen atoms in total. The van der Waals surface area contributed by atoms with Gasteiger partial charge in [-0.05, 0) is 43.4 Å². The van der Waals surface area contributed by atoms with Gasteiger partial charge >= 0.3 is 6.36 Å². The summed E-state index contributed by atoms with van der Waals surface area (Å²) in [5.74, 6) is -1.76. The van der Waals surface area contributed by atoms with Gasteiger partial charge in [0, 0.05) is 49.7 Å². The number of anilines is 3. The Morgan fingerprint density at radius 2 is 1.66 bits per heavy atom. The van der Waals surface area contributed by atoms with E-state index in [0.29, 0.717) is 24.5 Å². The van der Waals surface area contributed by atoms with Gasteiger partial charge in [0.25, 0.3) is 5.91 Å². The summed E-state index contributed by atoms with van der Waals surface area (Å²) in [5.41, 5.74) is 6.34. The zero-order valence-corrected chi connectivity index (χ0v) is 20.5. The van der Waals surface area contributed by atoms with Gasteiger partial charge in [-0.1, -0.05) is 6.07 Å². The second-order valence-electron chi connectivity index (χ2n) is 8.72. The van der Waals surface area contributed by atoms with Crippen molar-refractivity contribution in [3.05, 3.63) is 60.4 Å². The Labute approximate surface area is 216 Å². The number of rotatable bonds is 7. The van der Waals surface area contributed by atoms with E-state index in [-0.39, 0.29) is 18.1 Å². The standard InChI is InChI=1S/C25H26F3N7O3/c1-34-9-11-35(12-10-34)15-22(36)32-19-4-2-3-18(23(19)38-25(26,27)28)24(37)33-21-8-6-17(14-31-21)16-5-7-20(29)30-13-16/h2-8,13-14H,9-12,15H2,1H3,(H2,29,30)(H,32,36)(H,31,33,37). The number of ether oxygens (including phenoxy) is 1. The predicted octanol–water partition coefficient (Wildman–Crippen LogP) is 3.06. The molecule has 2 amide bonds. The normalized spacial score (nSPS) is 14.6. The number of nitrogens with zero attached hydrogens (tertiary/aromatic N) is 4. The third-order valence-electron chi connectivity index (χ3n) is 5.84. The fourth-order valence-corrected chi connectivity index (χ4v) is 3.84. The number of carbonyl (C=O) groups excluding carboxylic acids is 2.